The van der Waals surface area contributed by atoms with Crippen molar-refractivity contribution in [2.75, 3.05) is 6.61 Å². The Kier molecular flexibility index (Phi) is 7.28. The minimum Gasteiger partial charge on any atom is -0.490 e. The number of hydrogen-bond donors (Lipinski definition) is 0. The van der Waals surface area contributed by atoms with Gasteiger partial charge in [0, 0.05) is 0 Å². The molecule has 5 nitrogen and oxygen atoms in total. The highest BCUT2D eigenvalue weighted by Gasteiger charge is 2.35. The first-order chi connectivity index (χ1) is 18.0. The summed E-state index contributed by atoms with van der Waals surface area (Å²) in [6.07, 6.45) is 1.73. The van der Waals surface area contributed by atoms with Crippen LogP contribution in [0.5, 0.6) is 11.5 Å². The van der Waals surface area contributed by atoms with Crippen molar-refractivity contribution in [1.29, 1.82) is 0 Å². The second kappa shape index (κ2) is 10.9. The number of carbonyl (C=O) groups is 2. The fourth-order valence-corrected chi connectivity index (χ4v) is 5.08. The second-order valence-corrected chi connectivity index (χ2v) is 9.81. The number of benzene rings is 4. The summed E-state index contributed by atoms with van der Waals surface area (Å²) < 4.78 is 12.0. The van der Waals surface area contributed by atoms with E-state index in [1.807, 2.05) is 74.5 Å². The lowest BCUT2D eigenvalue weighted by Gasteiger charge is -2.14. The third-order valence-corrected chi connectivity index (χ3v) is 7.07. The molecule has 0 spiro atoms. The zero-order valence-corrected chi connectivity index (χ0v) is 21.6. The van der Waals surface area contributed by atoms with Crippen molar-refractivity contribution in [2.24, 2.45) is 0 Å². The summed E-state index contributed by atoms with van der Waals surface area (Å²) in [5, 5.41) is 2.05. The van der Waals surface area contributed by atoms with Crippen molar-refractivity contribution in [2.45, 2.75) is 27.0 Å². The molecule has 4 aromatic rings. The number of imide groups is 1. The van der Waals surface area contributed by atoms with Gasteiger partial charge in [-0.05, 0) is 71.3 Å². The molecule has 0 bridgehead atoms. The molecule has 0 aliphatic carbocycles. The Bertz CT molecular complexity index is 1490. The van der Waals surface area contributed by atoms with Crippen molar-refractivity contribution in [3.8, 4) is 11.5 Å². The van der Waals surface area contributed by atoms with Crippen molar-refractivity contribution in [3.63, 3.8) is 0 Å². The van der Waals surface area contributed by atoms with Crippen molar-refractivity contribution >= 4 is 39.8 Å². The van der Waals surface area contributed by atoms with E-state index in [0.717, 1.165) is 39.4 Å². The van der Waals surface area contributed by atoms with Gasteiger partial charge < -0.3 is 9.47 Å². The molecule has 2 amide bonds. The van der Waals surface area contributed by atoms with E-state index in [0.29, 0.717) is 29.6 Å². The molecule has 0 unspecified atom stereocenters. The summed E-state index contributed by atoms with van der Waals surface area (Å²) in [7, 11) is 0. The van der Waals surface area contributed by atoms with Crippen LogP contribution < -0.4 is 9.47 Å². The molecule has 0 radical (unpaired) electrons. The van der Waals surface area contributed by atoms with Crippen molar-refractivity contribution in [1.82, 2.24) is 4.90 Å². The first kappa shape index (κ1) is 24.7. The third-order valence-electron chi connectivity index (χ3n) is 6.16. The molecule has 6 heteroatoms. The van der Waals surface area contributed by atoms with Crippen molar-refractivity contribution in [3.05, 3.63) is 112 Å². The summed E-state index contributed by atoms with van der Waals surface area (Å²) in [5.41, 5.74) is 3.90. The predicted octanol–water partition coefficient (Wildman–Crippen LogP) is 7.36. The van der Waals surface area contributed by atoms with E-state index >= 15 is 0 Å². The van der Waals surface area contributed by atoms with Gasteiger partial charge in [0.25, 0.3) is 11.1 Å². The molecule has 0 aromatic heterocycles. The summed E-state index contributed by atoms with van der Waals surface area (Å²) >= 11 is 0.958. The highest BCUT2D eigenvalue weighted by Crippen LogP contribution is 2.36. The molecule has 0 atom stereocenters. The predicted molar refractivity (Wildman–Crippen MR) is 149 cm³/mol. The summed E-state index contributed by atoms with van der Waals surface area (Å²) in [4.78, 5) is 27.2. The Hall–Kier alpha value is -4.03. The van der Waals surface area contributed by atoms with E-state index in [2.05, 4.69) is 24.3 Å². The van der Waals surface area contributed by atoms with Crippen LogP contribution in [0.3, 0.4) is 0 Å². The van der Waals surface area contributed by atoms with E-state index < -0.39 is 0 Å². The largest absolute Gasteiger partial charge is 0.490 e. The number of aryl methyl sites for hydroxylation is 1. The molecule has 5 rings (SSSR count). The zero-order chi connectivity index (χ0) is 25.8. The monoisotopic (exact) mass is 509 g/mol. The molecule has 0 saturated carbocycles. The zero-order valence-electron chi connectivity index (χ0n) is 20.8. The van der Waals surface area contributed by atoms with E-state index in [-0.39, 0.29) is 17.7 Å². The lowest BCUT2D eigenvalue weighted by molar-refractivity contribution is -0.123. The molecule has 1 heterocycles. The molecular formula is C31H27NO4S. The smallest absolute Gasteiger partial charge is 0.293 e. The molecule has 37 heavy (non-hydrogen) atoms. The van der Waals surface area contributed by atoms with Gasteiger partial charge in [0.2, 0.25) is 0 Å². The molecule has 1 aliphatic heterocycles. The van der Waals surface area contributed by atoms with Crippen LogP contribution in [-0.2, 0) is 17.9 Å². The van der Waals surface area contributed by atoms with Crippen LogP contribution in [-0.4, -0.2) is 22.7 Å². The van der Waals surface area contributed by atoms with Gasteiger partial charge in [-0.15, -0.1) is 0 Å². The second-order valence-electron chi connectivity index (χ2n) is 8.82. The topological polar surface area (TPSA) is 55.8 Å². The van der Waals surface area contributed by atoms with Crippen LogP contribution in [0.4, 0.5) is 4.79 Å². The minimum absolute atomic E-state index is 0.257. The average Bonchev–Trinajstić information content (AvgIpc) is 3.17. The van der Waals surface area contributed by atoms with Gasteiger partial charge in [-0.2, -0.15) is 0 Å². The first-order valence-corrected chi connectivity index (χ1v) is 13.0. The minimum atomic E-state index is -0.287. The summed E-state index contributed by atoms with van der Waals surface area (Å²) in [6.45, 7) is 5.05. The van der Waals surface area contributed by atoms with Gasteiger partial charge in [0.15, 0.2) is 11.5 Å². The van der Waals surface area contributed by atoms with Crippen LogP contribution in [0, 0.1) is 6.92 Å². The van der Waals surface area contributed by atoms with E-state index in [9.17, 15) is 9.59 Å². The van der Waals surface area contributed by atoms with E-state index in [4.69, 9.17) is 9.47 Å². The summed E-state index contributed by atoms with van der Waals surface area (Å²) in [6, 6.07) is 27.8. The fourth-order valence-electron chi connectivity index (χ4n) is 4.24. The molecule has 0 N–H and O–H groups in total. The normalized spacial score (nSPS) is 14.5. The van der Waals surface area contributed by atoms with Gasteiger partial charge in [0.05, 0.1) is 18.1 Å². The number of ether oxygens (including phenoxy) is 2. The maximum atomic E-state index is 13.0. The molecule has 1 saturated heterocycles. The Morgan fingerprint density at radius 2 is 1.65 bits per heavy atom. The Morgan fingerprint density at radius 3 is 2.46 bits per heavy atom. The Labute approximate surface area is 220 Å². The molecule has 186 valence electrons. The number of nitrogens with zero attached hydrogens (tertiary/aromatic N) is 1. The van der Waals surface area contributed by atoms with Crippen LogP contribution >= 0.6 is 11.8 Å². The first-order valence-electron chi connectivity index (χ1n) is 12.2. The van der Waals surface area contributed by atoms with Crippen LogP contribution in [0.1, 0.15) is 29.2 Å². The van der Waals surface area contributed by atoms with Gasteiger partial charge in [-0.25, -0.2) is 0 Å². The SMILES string of the molecule is CCOc1cc(/C=C2\SC(=O)N(Cc3ccc(C)cc3)C2=O)ccc1OCc1cccc2ccccc12. The maximum absolute atomic E-state index is 13.0. The highest BCUT2D eigenvalue weighted by atomic mass is 32.2. The number of fused-ring (bicyclic) bond motifs is 1. The maximum Gasteiger partial charge on any atom is 0.293 e. The lowest BCUT2D eigenvalue weighted by Crippen LogP contribution is -2.27. The average molecular weight is 510 g/mol. The quantitative estimate of drug-likeness (QED) is 0.232. The highest BCUT2D eigenvalue weighted by molar-refractivity contribution is 8.18. The van der Waals surface area contributed by atoms with Crippen LogP contribution in [0.2, 0.25) is 0 Å². The van der Waals surface area contributed by atoms with Crippen LogP contribution in [0.15, 0.2) is 89.8 Å². The van der Waals surface area contributed by atoms with Gasteiger partial charge in [-0.1, -0.05) is 78.4 Å². The Balaban J connectivity index is 1.34. The van der Waals surface area contributed by atoms with Gasteiger partial charge >= 0.3 is 0 Å². The number of carbonyl (C=O) groups excluding carboxylic acids is 2. The lowest BCUT2D eigenvalue weighted by atomic mass is 10.1. The van der Waals surface area contributed by atoms with E-state index in [1.165, 1.54) is 10.3 Å². The molecule has 1 aliphatic rings. The van der Waals surface area contributed by atoms with Crippen LogP contribution in [0.25, 0.3) is 16.8 Å². The molecule has 1 fully saturated rings. The summed E-state index contributed by atoms with van der Waals surface area (Å²) in [5.74, 6) is 0.930. The molecule has 4 aromatic carbocycles. The van der Waals surface area contributed by atoms with Gasteiger partial charge in [-0.3, -0.25) is 14.5 Å². The number of hydrogen-bond acceptors (Lipinski definition) is 5. The standard InChI is InChI=1S/C31H27NO4S/c1-3-35-28-17-23(15-16-27(28)36-20-25-9-6-8-24-7-4-5-10-26(24)25)18-29-30(33)32(31(34)37-29)19-22-13-11-21(2)12-14-22/h4-18H,3,19-20H2,1-2H3/b29-18-. The molecular weight excluding hydrogens is 482 g/mol. The Morgan fingerprint density at radius 1 is 0.865 bits per heavy atom. The third kappa shape index (κ3) is 5.54. The number of amides is 2. The van der Waals surface area contributed by atoms with Crippen molar-refractivity contribution < 1.29 is 19.1 Å². The number of thioether (sulfide) groups is 1. The number of rotatable bonds is 8. The van der Waals surface area contributed by atoms with Gasteiger partial charge in [0.1, 0.15) is 6.61 Å². The fraction of sp³-hybridized carbons (Fsp3) is 0.161. The van der Waals surface area contributed by atoms with E-state index in [1.54, 1.807) is 6.08 Å².